The Bertz CT molecular complexity index is 864. The maximum atomic E-state index is 12.8. The summed E-state index contributed by atoms with van der Waals surface area (Å²) in [4.78, 5) is 12.8. The third-order valence-corrected chi connectivity index (χ3v) is 7.70. The van der Waals surface area contributed by atoms with Gasteiger partial charge in [0.15, 0.2) is 11.0 Å². The van der Waals surface area contributed by atoms with Crippen molar-refractivity contribution < 1.29 is 4.79 Å². The molecule has 2 aliphatic carbocycles. The molecule has 5 unspecified atom stereocenters. The maximum absolute atomic E-state index is 12.8. The lowest BCUT2D eigenvalue weighted by Gasteiger charge is -2.29. The highest BCUT2D eigenvalue weighted by molar-refractivity contribution is 8.00. The van der Waals surface area contributed by atoms with Gasteiger partial charge < -0.3 is 9.88 Å². The van der Waals surface area contributed by atoms with Crippen LogP contribution in [0.25, 0.3) is 11.4 Å². The molecule has 2 aliphatic rings. The van der Waals surface area contributed by atoms with Crippen LogP contribution in [0, 0.1) is 24.7 Å². The van der Waals surface area contributed by atoms with Gasteiger partial charge in [0.2, 0.25) is 5.91 Å². The lowest BCUT2D eigenvalue weighted by Crippen LogP contribution is -2.43. The van der Waals surface area contributed by atoms with Gasteiger partial charge in [-0.1, -0.05) is 41.9 Å². The zero-order valence-electron chi connectivity index (χ0n) is 17.2. The first-order valence-electron chi connectivity index (χ1n) is 10.4. The average molecular weight is 399 g/mol. The molecule has 6 heteroatoms. The molecule has 4 rings (SSSR count). The summed E-state index contributed by atoms with van der Waals surface area (Å²) in [7, 11) is 1.96. The summed E-state index contributed by atoms with van der Waals surface area (Å²) < 4.78 is 1.97. The van der Waals surface area contributed by atoms with Crippen molar-refractivity contribution in [2.24, 2.45) is 24.8 Å². The van der Waals surface area contributed by atoms with Crippen molar-refractivity contribution in [1.82, 2.24) is 20.1 Å². The Labute approximate surface area is 171 Å². The Hall–Kier alpha value is -1.82. The topological polar surface area (TPSA) is 59.8 Å². The van der Waals surface area contributed by atoms with Crippen LogP contribution in [-0.4, -0.2) is 32.0 Å². The maximum Gasteiger partial charge on any atom is 0.233 e. The minimum Gasteiger partial charge on any atom is -0.352 e. The molecule has 1 N–H and O–H groups in total. The molecule has 150 valence electrons. The fourth-order valence-electron chi connectivity index (χ4n) is 5.02. The molecule has 5 nitrogen and oxygen atoms in total. The highest BCUT2D eigenvalue weighted by atomic mass is 32.2. The number of aryl methyl sites for hydroxylation is 1. The van der Waals surface area contributed by atoms with Gasteiger partial charge in [0.1, 0.15) is 0 Å². The van der Waals surface area contributed by atoms with Crippen molar-refractivity contribution >= 4 is 17.7 Å². The Morgan fingerprint density at radius 2 is 2.07 bits per heavy atom. The van der Waals surface area contributed by atoms with E-state index in [1.165, 1.54) is 43.0 Å². The van der Waals surface area contributed by atoms with E-state index in [1.807, 2.05) is 30.7 Å². The van der Waals surface area contributed by atoms with Crippen molar-refractivity contribution in [3.05, 3.63) is 29.8 Å². The number of rotatable bonds is 6. The van der Waals surface area contributed by atoms with Crippen LogP contribution in [-0.2, 0) is 11.8 Å². The van der Waals surface area contributed by atoms with E-state index in [-0.39, 0.29) is 17.2 Å². The molecule has 0 spiro atoms. The van der Waals surface area contributed by atoms with Crippen LogP contribution >= 0.6 is 11.8 Å². The van der Waals surface area contributed by atoms with Crippen LogP contribution in [0.5, 0.6) is 0 Å². The van der Waals surface area contributed by atoms with Gasteiger partial charge in [-0.2, -0.15) is 0 Å². The van der Waals surface area contributed by atoms with E-state index in [4.69, 9.17) is 0 Å². The summed E-state index contributed by atoms with van der Waals surface area (Å²) in [5, 5.41) is 12.5. The molecule has 2 fully saturated rings. The number of hydrogen-bond donors (Lipinski definition) is 1. The second-order valence-corrected chi connectivity index (χ2v) is 9.94. The van der Waals surface area contributed by atoms with Crippen LogP contribution < -0.4 is 5.32 Å². The summed E-state index contributed by atoms with van der Waals surface area (Å²) in [6.07, 6.45) is 5.40. The number of thioether (sulfide) groups is 1. The van der Waals surface area contributed by atoms with Gasteiger partial charge >= 0.3 is 0 Å². The van der Waals surface area contributed by atoms with E-state index >= 15 is 0 Å². The van der Waals surface area contributed by atoms with E-state index in [0.717, 1.165) is 28.4 Å². The van der Waals surface area contributed by atoms with E-state index < -0.39 is 0 Å². The summed E-state index contributed by atoms with van der Waals surface area (Å²) in [5.41, 5.74) is 2.24. The van der Waals surface area contributed by atoms with Crippen molar-refractivity contribution in [2.75, 3.05) is 0 Å². The second-order valence-electron chi connectivity index (χ2n) is 8.63. The molecule has 28 heavy (non-hydrogen) atoms. The molecule has 1 heterocycles. The van der Waals surface area contributed by atoms with Crippen LogP contribution in [0.3, 0.4) is 0 Å². The van der Waals surface area contributed by atoms with Gasteiger partial charge in [-0.15, -0.1) is 10.2 Å². The SMILES string of the molecule is Cc1cccc(-c2nnc(SC(C)C(=O)NC(C)C3CC4CCC3C4)n2C)c1. The van der Waals surface area contributed by atoms with Gasteiger partial charge in [0.25, 0.3) is 0 Å². The molecule has 1 aromatic heterocycles. The van der Waals surface area contributed by atoms with Crippen LogP contribution in [0.15, 0.2) is 29.4 Å². The minimum atomic E-state index is -0.200. The summed E-state index contributed by atoms with van der Waals surface area (Å²) >= 11 is 1.48. The third-order valence-electron chi connectivity index (χ3n) is 6.57. The molecule has 1 amide bonds. The molecule has 2 aromatic rings. The van der Waals surface area contributed by atoms with E-state index in [9.17, 15) is 4.79 Å². The smallest absolute Gasteiger partial charge is 0.233 e. The second kappa shape index (κ2) is 7.90. The summed E-state index contributed by atoms with van der Waals surface area (Å²) in [5.74, 6) is 3.30. The number of fused-ring (bicyclic) bond motifs is 2. The number of hydrogen-bond acceptors (Lipinski definition) is 4. The minimum absolute atomic E-state index is 0.0976. The molecule has 0 radical (unpaired) electrons. The Balaban J connectivity index is 1.38. The average Bonchev–Trinajstić information content (AvgIpc) is 3.38. The van der Waals surface area contributed by atoms with E-state index in [2.05, 4.69) is 41.5 Å². The fourth-order valence-corrected chi connectivity index (χ4v) is 5.84. The zero-order valence-corrected chi connectivity index (χ0v) is 18.0. The van der Waals surface area contributed by atoms with Crippen LogP contribution in [0.1, 0.15) is 45.1 Å². The van der Waals surface area contributed by atoms with Crippen LogP contribution in [0.4, 0.5) is 0 Å². The molecular weight excluding hydrogens is 368 g/mol. The molecule has 0 aliphatic heterocycles. The largest absolute Gasteiger partial charge is 0.352 e. The first kappa shape index (κ1) is 19.5. The molecule has 1 aromatic carbocycles. The number of amides is 1. The first-order valence-corrected chi connectivity index (χ1v) is 11.2. The number of benzene rings is 1. The standard InChI is InChI=1S/C22H30N4OS/c1-13-6-5-7-18(10-13)20-24-25-22(26(20)4)28-15(3)21(27)23-14(2)19-12-16-8-9-17(19)11-16/h5-7,10,14-17,19H,8-9,11-12H2,1-4H3,(H,23,27). The van der Waals surface area contributed by atoms with Crippen LogP contribution in [0.2, 0.25) is 0 Å². The van der Waals surface area contributed by atoms with E-state index in [1.54, 1.807) is 0 Å². The first-order chi connectivity index (χ1) is 13.4. The number of carbonyl (C=O) groups excluding carboxylic acids is 1. The van der Waals surface area contributed by atoms with Gasteiger partial charge in [-0.3, -0.25) is 4.79 Å². The van der Waals surface area contributed by atoms with Gasteiger partial charge in [-0.05, 0) is 63.9 Å². The molecule has 5 atom stereocenters. The predicted molar refractivity (Wildman–Crippen MR) is 113 cm³/mol. The molecule has 2 saturated carbocycles. The quantitative estimate of drug-likeness (QED) is 0.741. The van der Waals surface area contributed by atoms with Gasteiger partial charge in [0.05, 0.1) is 5.25 Å². The lowest BCUT2D eigenvalue weighted by molar-refractivity contribution is -0.121. The summed E-state index contributed by atoms with van der Waals surface area (Å²) in [6, 6.07) is 8.50. The predicted octanol–water partition coefficient (Wildman–Crippen LogP) is 4.21. The fraction of sp³-hybridized carbons (Fsp3) is 0.591. The van der Waals surface area contributed by atoms with Crippen molar-refractivity contribution in [2.45, 2.75) is 62.9 Å². The molecule has 2 bridgehead atoms. The van der Waals surface area contributed by atoms with Crippen molar-refractivity contribution in [3.63, 3.8) is 0 Å². The normalized spacial score (nSPS) is 25.6. The monoisotopic (exact) mass is 398 g/mol. The Morgan fingerprint density at radius 1 is 1.25 bits per heavy atom. The Kier molecular flexibility index (Phi) is 5.50. The van der Waals surface area contributed by atoms with E-state index in [0.29, 0.717) is 5.92 Å². The molecule has 0 saturated heterocycles. The number of aromatic nitrogens is 3. The summed E-state index contributed by atoms with van der Waals surface area (Å²) in [6.45, 7) is 6.20. The Morgan fingerprint density at radius 3 is 2.75 bits per heavy atom. The van der Waals surface area contributed by atoms with Crippen molar-refractivity contribution in [3.8, 4) is 11.4 Å². The van der Waals surface area contributed by atoms with Gasteiger partial charge in [-0.25, -0.2) is 0 Å². The third kappa shape index (κ3) is 3.84. The van der Waals surface area contributed by atoms with Gasteiger partial charge in [0, 0.05) is 18.7 Å². The number of carbonyl (C=O) groups is 1. The zero-order chi connectivity index (χ0) is 19.8. The number of nitrogens with one attached hydrogen (secondary N) is 1. The number of nitrogens with zero attached hydrogens (tertiary/aromatic N) is 3. The highest BCUT2D eigenvalue weighted by Gasteiger charge is 2.42. The highest BCUT2D eigenvalue weighted by Crippen LogP contribution is 2.49. The lowest BCUT2D eigenvalue weighted by atomic mass is 9.84. The molecular formula is C22H30N4OS. The van der Waals surface area contributed by atoms with Crippen molar-refractivity contribution in [1.29, 1.82) is 0 Å².